The molecular weight excluding hydrogens is 206 g/mol. The van der Waals surface area contributed by atoms with Gasteiger partial charge in [-0.1, -0.05) is 6.07 Å². The van der Waals surface area contributed by atoms with Crippen LogP contribution in [0.2, 0.25) is 0 Å². The first-order valence-electron chi connectivity index (χ1n) is 4.82. The maximum atomic E-state index is 4.38. The summed E-state index contributed by atoms with van der Waals surface area (Å²) in [5.74, 6) is 0. The average molecular weight is 219 g/mol. The van der Waals surface area contributed by atoms with Crippen molar-refractivity contribution in [2.75, 3.05) is 7.05 Å². The normalized spacial score (nSPS) is 10.5. The number of nitrogens with zero attached hydrogens (tertiary/aromatic N) is 2. The molecule has 0 unspecified atom stereocenters. The van der Waals surface area contributed by atoms with Gasteiger partial charge in [-0.2, -0.15) is 0 Å². The van der Waals surface area contributed by atoms with Crippen molar-refractivity contribution in [3.05, 3.63) is 35.0 Å². The van der Waals surface area contributed by atoms with Crippen molar-refractivity contribution in [2.45, 2.75) is 13.5 Å². The standard InChI is InChI=1S/C11H13N3S/c1-8-4-3-5-13-10(8)11-14-7-9(15-11)6-12-2/h3-5,7,12H,6H2,1-2H3. The molecule has 3 nitrogen and oxygen atoms in total. The van der Waals surface area contributed by atoms with Gasteiger partial charge >= 0.3 is 0 Å². The maximum absolute atomic E-state index is 4.38. The van der Waals surface area contributed by atoms with E-state index in [0.29, 0.717) is 0 Å². The van der Waals surface area contributed by atoms with Crippen molar-refractivity contribution in [2.24, 2.45) is 0 Å². The third-order valence-electron chi connectivity index (χ3n) is 2.12. The summed E-state index contributed by atoms with van der Waals surface area (Å²) in [5.41, 5.74) is 2.16. The van der Waals surface area contributed by atoms with Gasteiger partial charge in [0.15, 0.2) is 0 Å². The number of hydrogen-bond acceptors (Lipinski definition) is 4. The molecule has 2 aromatic rings. The van der Waals surface area contributed by atoms with Gasteiger partial charge in [-0.15, -0.1) is 11.3 Å². The molecule has 2 rings (SSSR count). The minimum Gasteiger partial charge on any atom is -0.315 e. The van der Waals surface area contributed by atoms with Crippen LogP contribution in [0.1, 0.15) is 10.4 Å². The zero-order valence-electron chi connectivity index (χ0n) is 8.82. The molecular formula is C11H13N3S. The molecule has 0 aliphatic rings. The lowest BCUT2D eigenvalue weighted by molar-refractivity contribution is 0.829. The molecule has 0 aromatic carbocycles. The Balaban J connectivity index is 2.33. The Morgan fingerprint density at radius 2 is 2.27 bits per heavy atom. The number of aryl methyl sites for hydroxylation is 1. The van der Waals surface area contributed by atoms with Crippen LogP contribution in [-0.2, 0) is 6.54 Å². The van der Waals surface area contributed by atoms with E-state index in [0.717, 1.165) is 17.2 Å². The molecule has 0 aliphatic heterocycles. The maximum Gasteiger partial charge on any atom is 0.142 e. The molecule has 0 spiro atoms. The third-order valence-corrected chi connectivity index (χ3v) is 3.12. The van der Waals surface area contributed by atoms with E-state index in [1.807, 2.05) is 25.5 Å². The lowest BCUT2D eigenvalue weighted by Crippen LogP contribution is -2.02. The van der Waals surface area contributed by atoms with E-state index in [1.165, 1.54) is 10.4 Å². The van der Waals surface area contributed by atoms with Crippen LogP contribution in [0.25, 0.3) is 10.7 Å². The van der Waals surface area contributed by atoms with Crippen LogP contribution in [0.5, 0.6) is 0 Å². The fraction of sp³-hybridized carbons (Fsp3) is 0.273. The predicted molar refractivity (Wildman–Crippen MR) is 62.8 cm³/mol. The van der Waals surface area contributed by atoms with E-state index in [-0.39, 0.29) is 0 Å². The topological polar surface area (TPSA) is 37.8 Å². The molecule has 2 aromatic heterocycles. The Bertz CT molecular complexity index is 451. The van der Waals surface area contributed by atoms with Gasteiger partial charge in [-0.3, -0.25) is 4.98 Å². The molecule has 0 fully saturated rings. The second-order valence-electron chi connectivity index (χ2n) is 3.33. The van der Waals surface area contributed by atoms with Gasteiger partial charge in [0.1, 0.15) is 10.7 Å². The molecule has 0 atom stereocenters. The van der Waals surface area contributed by atoms with E-state index in [2.05, 4.69) is 28.3 Å². The van der Waals surface area contributed by atoms with Crippen molar-refractivity contribution in [1.82, 2.24) is 15.3 Å². The minimum atomic E-state index is 0.865. The predicted octanol–water partition coefficient (Wildman–Crippen LogP) is 2.23. The Morgan fingerprint density at radius 1 is 1.40 bits per heavy atom. The van der Waals surface area contributed by atoms with Crippen LogP contribution in [0.3, 0.4) is 0 Å². The SMILES string of the molecule is CNCc1cnc(-c2ncccc2C)s1. The molecule has 4 heteroatoms. The van der Waals surface area contributed by atoms with Gasteiger partial charge in [-0.05, 0) is 25.6 Å². The van der Waals surface area contributed by atoms with Gasteiger partial charge < -0.3 is 5.32 Å². The summed E-state index contributed by atoms with van der Waals surface area (Å²) in [6.07, 6.45) is 3.71. The van der Waals surface area contributed by atoms with Crippen molar-refractivity contribution < 1.29 is 0 Å². The highest BCUT2D eigenvalue weighted by molar-refractivity contribution is 7.15. The van der Waals surface area contributed by atoms with Crippen molar-refractivity contribution in [3.63, 3.8) is 0 Å². The quantitative estimate of drug-likeness (QED) is 0.860. The smallest absolute Gasteiger partial charge is 0.142 e. The van der Waals surface area contributed by atoms with E-state index in [4.69, 9.17) is 0 Å². The average Bonchev–Trinajstić information content (AvgIpc) is 2.68. The van der Waals surface area contributed by atoms with E-state index < -0.39 is 0 Å². The molecule has 0 saturated carbocycles. The molecule has 0 saturated heterocycles. The van der Waals surface area contributed by atoms with Gasteiger partial charge in [0.2, 0.25) is 0 Å². The van der Waals surface area contributed by atoms with E-state index >= 15 is 0 Å². The number of thiazole rings is 1. The number of hydrogen-bond donors (Lipinski definition) is 1. The van der Waals surface area contributed by atoms with Crippen molar-refractivity contribution in [3.8, 4) is 10.7 Å². The molecule has 0 bridgehead atoms. The fourth-order valence-electron chi connectivity index (χ4n) is 1.38. The summed E-state index contributed by atoms with van der Waals surface area (Å²) in [5, 5.41) is 4.11. The molecule has 2 heterocycles. The number of aromatic nitrogens is 2. The zero-order valence-corrected chi connectivity index (χ0v) is 9.64. The second kappa shape index (κ2) is 4.51. The summed E-state index contributed by atoms with van der Waals surface area (Å²) < 4.78 is 0. The first-order chi connectivity index (χ1) is 7.31. The van der Waals surface area contributed by atoms with Gasteiger partial charge in [0.05, 0.1) is 0 Å². The van der Waals surface area contributed by atoms with Crippen LogP contribution >= 0.6 is 11.3 Å². The number of nitrogens with one attached hydrogen (secondary N) is 1. The molecule has 15 heavy (non-hydrogen) atoms. The first-order valence-corrected chi connectivity index (χ1v) is 5.64. The monoisotopic (exact) mass is 219 g/mol. The van der Waals surface area contributed by atoms with Gasteiger partial charge in [0.25, 0.3) is 0 Å². The number of pyridine rings is 1. The van der Waals surface area contributed by atoms with Crippen molar-refractivity contribution in [1.29, 1.82) is 0 Å². The summed E-state index contributed by atoms with van der Waals surface area (Å²) in [7, 11) is 1.94. The Morgan fingerprint density at radius 3 is 3.00 bits per heavy atom. The van der Waals surface area contributed by atoms with Crippen molar-refractivity contribution >= 4 is 11.3 Å². The van der Waals surface area contributed by atoms with Crippen LogP contribution in [0.4, 0.5) is 0 Å². The largest absolute Gasteiger partial charge is 0.315 e. The number of rotatable bonds is 3. The molecule has 0 aliphatic carbocycles. The molecule has 1 N–H and O–H groups in total. The Labute approximate surface area is 93.2 Å². The van der Waals surface area contributed by atoms with Crippen LogP contribution in [0.15, 0.2) is 24.5 Å². The summed E-state index contributed by atoms with van der Waals surface area (Å²) >= 11 is 1.69. The first kappa shape index (κ1) is 10.3. The van der Waals surface area contributed by atoms with Crippen LogP contribution in [0, 0.1) is 6.92 Å². The van der Waals surface area contributed by atoms with Crippen LogP contribution < -0.4 is 5.32 Å². The zero-order chi connectivity index (χ0) is 10.7. The molecule has 78 valence electrons. The Kier molecular flexibility index (Phi) is 3.08. The summed E-state index contributed by atoms with van der Waals surface area (Å²) in [6, 6.07) is 4.00. The van der Waals surface area contributed by atoms with E-state index in [1.54, 1.807) is 11.3 Å². The summed E-state index contributed by atoms with van der Waals surface area (Å²) in [6.45, 7) is 2.92. The second-order valence-corrected chi connectivity index (χ2v) is 4.45. The van der Waals surface area contributed by atoms with Gasteiger partial charge in [-0.25, -0.2) is 4.98 Å². The molecule has 0 radical (unpaired) electrons. The third kappa shape index (κ3) is 2.22. The van der Waals surface area contributed by atoms with Crippen LogP contribution in [-0.4, -0.2) is 17.0 Å². The lowest BCUT2D eigenvalue weighted by atomic mass is 10.2. The fourth-order valence-corrected chi connectivity index (χ4v) is 2.37. The van der Waals surface area contributed by atoms with E-state index in [9.17, 15) is 0 Å². The lowest BCUT2D eigenvalue weighted by Gasteiger charge is -1.98. The van der Waals surface area contributed by atoms with Gasteiger partial charge in [0, 0.05) is 23.8 Å². The minimum absolute atomic E-state index is 0.865. The summed E-state index contributed by atoms with van der Waals surface area (Å²) in [4.78, 5) is 9.97. The Hall–Kier alpha value is -1.26. The highest BCUT2D eigenvalue weighted by Gasteiger charge is 2.07. The molecule has 0 amide bonds. The highest BCUT2D eigenvalue weighted by atomic mass is 32.1. The highest BCUT2D eigenvalue weighted by Crippen LogP contribution is 2.25.